The topological polar surface area (TPSA) is 70.6 Å². The number of rotatable bonds is 4. The van der Waals surface area contributed by atoms with Gasteiger partial charge in [-0.2, -0.15) is 0 Å². The minimum absolute atomic E-state index is 0.108. The van der Waals surface area contributed by atoms with Gasteiger partial charge in [0.2, 0.25) is 11.8 Å². The lowest BCUT2D eigenvalue weighted by Gasteiger charge is -2.11. The molecular weight excluding hydrogens is 346 g/mol. The van der Waals surface area contributed by atoms with E-state index in [0.717, 1.165) is 28.1 Å². The molecule has 2 aromatic rings. The van der Waals surface area contributed by atoms with Gasteiger partial charge in [0.15, 0.2) is 5.17 Å². The first kappa shape index (κ1) is 18.2. The van der Waals surface area contributed by atoms with Crippen molar-refractivity contribution in [2.24, 2.45) is 4.99 Å². The second-order valence-corrected chi connectivity index (χ2v) is 7.54. The van der Waals surface area contributed by atoms with E-state index in [1.165, 1.54) is 11.8 Å². The standard InChI is InChI=1S/C20H21N3O2S/c1-12-6-4-8-15(10-12)21-20-23-19(25)17(26-20)11-18(24)22-16-9-5-7-13(2)14(16)3/h4-10,17H,11H2,1-3H3,(H,22,24)(H,21,23,25)/t17-/m1/s1. The van der Waals surface area contributed by atoms with Crippen molar-refractivity contribution in [3.05, 3.63) is 59.2 Å². The SMILES string of the molecule is Cc1cccc(N=C2NC(=O)[C@@H](CC(=O)Nc3cccc(C)c3C)S2)c1. The number of aryl methyl sites for hydroxylation is 2. The molecule has 5 nitrogen and oxygen atoms in total. The van der Waals surface area contributed by atoms with Gasteiger partial charge < -0.3 is 10.6 Å². The summed E-state index contributed by atoms with van der Waals surface area (Å²) in [4.78, 5) is 29.0. The van der Waals surface area contributed by atoms with E-state index in [1.807, 2.05) is 63.2 Å². The van der Waals surface area contributed by atoms with Crippen molar-refractivity contribution < 1.29 is 9.59 Å². The summed E-state index contributed by atoms with van der Waals surface area (Å²) in [6, 6.07) is 13.5. The molecule has 1 heterocycles. The largest absolute Gasteiger partial charge is 0.326 e. The highest BCUT2D eigenvalue weighted by Gasteiger charge is 2.32. The molecule has 0 saturated carbocycles. The lowest BCUT2D eigenvalue weighted by molar-refractivity contribution is -0.122. The Labute approximate surface area is 157 Å². The maximum atomic E-state index is 12.3. The van der Waals surface area contributed by atoms with E-state index in [1.54, 1.807) is 0 Å². The van der Waals surface area contributed by atoms with E-state index < -0.39 is 5.25 Å². The Morgan fingerprint density at radius 3 is 2.73 bits per heavy atom. The van der Waals surface area contributed by atoms with Crippen LogP contribution >= 0.6 is 11.8 Å². The summed E-state index contributed by atoms with van der Waals surface area (Å²) in [6.07, 6.45) is 0.108. The molecule has 0 unspecified atom stereocenters. The van der Waals surface area contributed by atoms with Gasteiger partial charge >= 0.3 is 0 Å². The van der Waals surface area contributed by atoms with Crippen LogP contribution in [0.5, 0.6) is 0 Å². The van der Waals surface area contributed by atoms with Crippen LogP contribution in [0.15, 0.2) is 47.5 Å². The Kier molecular flexibility index (Phi) is 5.42. The van der Waals surface area contributed by atoms with Crippen molar-refractivity contribution in [1.29, 1.82) is 0 Å². The predicted molar refractivity (Wildman–Crippen MR) is 107 cm³/mol. The summed E-state index contributed by atoms with van der Waals surface area (Å²) in [6.45, 7) is 5.96. The zero-order valence-corrected chi connectivity index (χ0v) is 15.8. The monoisotopic (exact) mass is 367 g/mol. The normalized spacial score (nSPS) is 18.0. The summed E-state index contributed by atoms with van der Waals surface area (Å²) in [5.41, 5.74) is 4.82. The maximum absolute atomic E-state index is 12.3. The van der Waals surface area contributed by atoms with E-state index >= 15 is 0 Å². The van der Waals surface area contributed by atoms with Gasteiger partial charge in [-0.25, -0.2) is 4.99 Å². The van der Waals surface area contributed by atoms with E-state index in [-0.39, 0.29) is 18.2 Å². The molecule has 1 aliphatic rings. The van der Waals surface area contributed by atoms with Crippen LogP contribution in [0.4, 0.5) is 11.4 Å². The molecular formula is C20H21N3O2S. The molecule has 2 aromatic carbocycles. The van der Waals surface area contributed by atoms with Crippen molar-refractivity contribution in [2.75, 3.05) is 5.32 Å². The first-order valence-corrected chi connectivity index (χ1v) is 9.29. The average Bonchev–Trinajstić information content (AvgIpc) is 2.91. The number of nitrogens with zero attached hydrogens (tertiary/aromatic N) is 1. The van der Waals surface area contributed by atoms with Gasteiger partial charge in [-0.3, -0.25) is 9.59 Å². The predicted octanol–water partition coefficient (Wildman–Crippen LogP) is 3.86. The number of hydrogen-bond donors (Lipinski definition) is 2. The molecule has 1 fully saturated rings. The first-order valence-electron chi connectivity index (χ1n) is 8.41. The third-order valence-corrected chi connectivity index (χ3v) is 5.34. The highest BCUT2D eigenvalue weighted by Crippen LogP contribution is 2.26. The van der Waals surface area contributed by atoms with E-state index in [2.05, 4.69) is 15.6 Å². The van der Waals surface area contributed by atoms with Crippen molar-refractivity contribution in [1.82, 2.24) is 5.32 Å². The van der Waals surface area contributed by atoms with Crippen molar-refractivity contribution in [3.8, 4) is 0 Å². The van der Waals surface area contributed by atoms with Crippen LogP contribution in [-0.4, -0.2) is 22.2 Å². The Hall–Kier alpha value is -2.60. The highest BCUT2D eigenvalue weighted by atomic mass is 32.2. The van der Waals surface area contributed by atoms with Crippen LogP contribution in [-0.2, 0) is 9.59 Å². The van der Waals surface area contributed by atoms with Crippen LogP contribution in [0.1, 0.15) is 23.1 Å². The minimum atomic E-state index is -0.469. The molecule has 0 bridgehead atoms. The zero-order chi connectivity index (χ0) is 18.7. The van der Waals surface area contributed by atoms with Crippen LogP contribution in [0.3, 0.4) is 0 Å². The van der Waals surface area contributed by atoms with Gasteiger partial charge in [0, 0.05) is 12.1 Å². The number of amides is 2. The Balaban J connectivity index is 1.64. The zero-order valence-electron chi connectivity index (χ0n) is 15.0. The lowest BCUT2D eigenvalue weighted by Crippen LogP contribution is -2.28. The quantitative estimate of drug-likeness (QED) is 0.862. The number of nitrogens with one attached hydrogen (secondary N) is 2. The Morgan fingerprint density at radius 1 is 1.19 bits per heavy atom. The van der Waals surface area contributed by atoms with E-state index in [9.17, 15) is 9.59 Å². The number of anilines is 1. The summed E-state index contributed by atoms with van der Waals surface area (Å²) in [7, 11) is 0. The van der Waals surface area contributed by atoms with Crippen LogP contribution < -0.4 is 10.6 Å². The molecule has 0 aromatic heterocycles. The number of amidine groups is 1. The van der Waals surface area contributed by atoms with Gasteiger partial charge in [0.05, 0.1) is 5.69 Å². The third kappa shape index (κ3) is 4.32. The molecule has 0 aliphatic carbocycles. The fraction of sp³-hybridized carbons (Fsp3) is 0.250. The Bertz CT molecular complexity index is 892. The van der Waals surface area contributed by atoms with E-state index in [0.29, 0.717) is 5.17 Å². The molecule has 2 N–H and O–H groups in total. The molecule has 1 atom stereocenters. The molecule has 3 rings (SSSR count). The highest BCUT2D eigenvalue weighted by molar-refractivity contribution is 8.15. The van der Waals surface area contributed by atoms with Crippen LogP contribution in [0, 0.1) is 20.8 Å². The number of hydrogen-bond acceptors (Lipinski definition) is 4. The van der Waals surface area contributed by atoms with Gasteiger partial charge in [-0.05, 0) is 55.7 Å². The van der Waals surface area contributed by atoms with Gasteiger partial charge in [-0.15, -0.1) is 0 Å². The lowest BCUT2D eigenvalue weighted by atomic mass is 10.1. The fourth-order valence-corrected chi connectivity index (χ4v) is 3.65. The molecule has 0 radical (unpaired) electrons. The third-order valence-electron chi connectivity index (χ3n) is 4.26. The molecule has 1 saturated heterocycles. The fourth-order valence-electron chi connectivity index (χ4n) is 2.66. The molecule has 1 aliphatic heterocycles. The second-order valence-electron chi connectivity index (χ2n) is 6.35. The molecule has 134 valence electrons. The summed E-state index contributed by atoms with van der Waals surface area (Å²) in [5.74, 6) is -0.360. The van der Waals surface area contributed by atoms with Crippen LogP contribution in [0.25, 0.3) is 0 Å². The maximum Gasteiger partial charge on any atom is 0.240 e. The van der Waals surface area contributed by atoms with E-state index in [4.69, 9.17) is 0 Å². The van der Waals surface area contributed by atoms with Gasteiger partial charge in [0.1, 0.15) is 5.25 Å². The summed E-state index contributed by atoms with van der Waals surface area (Å²) < 4.78 is 0. The van der Waals surface area contributed by atoms with Crippen molar-refractivity contribution >= 4 is 40.1 Å². The van der Waals surface area contributed by atoms with Crippen molar-refractivity contribution in [2.45, 2.75) is 32.4 Å². The molecule has 0 spiro atoms. The Morgan fingerprint density at radius 2 is 1.96 bits per heavy atom. The number of aliphatic imine (C=N–C) groups is 1. The number of thioether (sulfide) groups is 1. The summed E-state index contributed by atoms with van der Waals surface area (Å²) >= 11 is 1.29. The summed E-state index contributed by atoms with van der Waals surface area (Å²) in [5, 5.41) is 5.72. The average molecular weight is 367 g/mol. The number of benzene rings is 2. The molecule has 6 heteroatoms. The van der Waals surface area contributed by atoms with Crippen LogP contribution in [0.2, 0.25) is 0 Å². The minimum Gasteiger partial charge on any atom is -0.326 e. The second kappa shape index (κ2) is 7.74. The van der Waals surface area contributed by atoms with Gasteiger partial charge in [0.25, 0.3) is 0 Å². The van der Waals surface area contributed by atoms with Gasteiger partial charge in [-0.1, -0.05) is 36.0 Å². The molecule has 2 amide bonds. The first-order chi connectivity index (χ1) is 12.4. The molecule has 26 heavy (non-hydrogen) atoms. The number of carbonyl (C=O) groups is 2. The van der Waals surface area contributed by atoms with Crippen molar-refractivity contribution in [3.63, 3.8) is 0 Å². The smallest absolute Gasteiger partial charge is 0.240 e. The number of carbonyl (C=O) groups excluding carboxylic acids is 2.